The number of unbranched alkanes of at least 4 members (excludes halogenated alkanes) is 1. The predicted octanol–water partition coefficient (Wildman–Crippen LogP) is 2.59. The number of carbonyl (C=O) groups is 1. The molecule has 1 aromatic rings. The van der Waals surface area contributed by atoms with E-state index in [2.05, 4.69) is 21.2 Å². The lowest BCUT2D eigenvalue weighted by Gasteiger charge is -2.06. The van der Waals surface area contributed by atoms with E-state index in [1.54, 1.807) is 12.1 Å². The van der Waals surface area contributed by atoms with E-state index in [9.17, 15) is 13.2 Å². The molecule has 0 spiro atoms. The molecule has 0 aliphatic heterocycles. The molecule has 0 aliphatic rings. The largest absolute Gasteiger partial charge is 0.326 e. The summed E-state index contributed by atoms with van der Waals surface area (Å²) in [6.07, 6.45) is 3.33. The number of hydrogen-bond acceptors (Lipinski definition) is 3. The number of rotatable bonds is 6. The second-order valence-electron chi connectivity index (χ2n) is 3.99. The van der Waals surface area contributed by atoms with Gasteiger partial charge in [0.05, 0.1) is 4.90 Å². The van der Waals surface area contributed by atoms with E-state index in [4.69, 9.17) is 0 Å². The van der Waals surface area contributed by atoms with Gasteiger partial charge in [0.25, 0.3) is 0 Å². The number of nitrogens with one attached hydrogen (secondary N) is 1. The van der Waals surface area contributed by atoms with Crippen molar-refractivity contribution >= 4 is 37.4 Å². The first-order chi connectivity index (χ1) is 8.43. The fraction of sp³-hybridized carbons (Fsp3) is 0.417. The molecular formula is C12H16BrNO3S. The summed E-state index contributed by atoms with van der Waals surface area (Å²) < 4.78 is 22.7. The molecule has 100 valence electrons. The Balaban J connectivity index is 2.65. The highest BCUT2D eigenvalue weighted by molar-refractivity contribution is 9.09. The Morgan fingerprint density at radius 2 is 2.06 bits per heavy atom. The minimum absolute atomic E-state index is 0.0957. The van der Waals surface area contributed by atoms with Gasteiger partial charge in [0.1, 0.15) is 0 Å². The average molecular weight is 334 g/mol. The maximum Gasteiger partial charge on any atom is 0.224 e. The van der Waals surface area contributed by atoms with Crippen LogP contribution in [0.3, 0.4) is 0 Å². The van der Waals surface area contributed by atoms with Gasteiger partial charge in [-0.1, -0.05) is 22.0 Å². The Bertz CT molecular complexity index is 514. The molecule has 6 heteroatoms. The SMILES string of the molecule is CS(=O)(=O)c1cccc(NC(=O)CCCCBr)c1. The number of hydrogen-bond donors (Lipinski definition) is 1. The Morgan fingerprint density at radius 1 is 1.33 bits per heavy atom. The van der Waals surface area contributed by atoms with Gasteiger partial charge in [-0.25, -0.2) is 8.42 Å². The summed E-state index contributed by atoms with van der Waals surface area (Å²) in [4.78, 5) is 11.8. The molecule has 0 radical (unpaired) electrons. The van der Waals surface area contributed by atoms with Crippen molar-refractivity contribution < 1.29 is 13.2 Å². The van der Waals surface area contributed by atoms with Crippen LogP contribution in [0.1, 0.15) is 19.3 Å². The minimum Gasteiger partial charge on any atom is -0.326 e. The summed E-state index contributed by atoms with van der Waals surface area (Å²) in [5.74, 6) is -0.0957. The quantitative estimate of drug-likeness (QED) is 0.642. The molecule has 0 aliphatic carbocycles. The van der Waals surface area contributed by atoms with Gasteiger partial charge < -0.3 is 5.32 Å². The van der Waals surface area contributed by atoms with Crippen LogP contribution in [-0.4, -0.2) is 25.9 Å². The molecular weight excluding hydrogens is 318 g/mol. The van der Waals surface area contributed by atoms with Crippen LogP contribution < -0.4 is 5.32 Å². The molecule has 0 unspecified atom stereocenters. The van der Waals surface area contributed by atoms with E-state index in [1.165, 1.54) is 12.1 Å². The molecule has 0 saturated heterocycles. The molecule has 0 bridgehead atoms. The molecule has 1 aromatic carbocycles. The van der Waals surface area contributed by atoms with Crippen LogP contribution >= 0.6 is 15.9 Å². The fourth-order valence-corrected chi connectivity index (χ4v) is 2.47. The molecule has 1 rings (SSSR count). The first-order valence-electron chi connectivity index (χ1n) is 5.59. The van der Waals surface area contributed by atoms with Crippen molar-refractivity contribution in [2.45, 2.75) is 24.2 Å². The first kappa shape index (κ1) is 15.2. The summed E-state index contributed by atoms with van der Waals surface area (Å²) >= 11 is 3.30. The van der Waals surface area contributed by atoms with Gasteiger partial charge in [0.15, 0.2) is 9.84 Å². The molecule has 0 atom stereocenters. The van der Waals surface area contributed by atoms with Crippen molar-refractivity contribution in [1.82, 2.24) is 0 Å². The van der Waals surface area contributed by atoms with Crippen LogP contribution in [0.5, 0.6) is 0 Å². The second-order valence-corrected chi connectivity index (χ2v) is 6.80. The number of amides is 1. The summed E-state index contributed by atoms with van der Waals surface area (Å²) in [6, 6.07) is 6.27. The highest BCUT2D eigenvalue weighted by Crippen LogP contribution is 2.15. The van der Waals surface area contributed by atoms with Crippen molar-refractivity contribution in [3.8, 4) is 0 Å². The van der Waals surface area contributed by atoms with E-state index in [1.807, 2.05) is 0 Å². The molecule has 0 heterocycles. The molecule has 0 saturated carbocycles. The monoisotopic (exact) mass is 333 g/mol. The van der Waals surface area contributed by atoms with Crippen LogP contribution in [0.4, 0.5) is 5.69 Å². The summed E-state index contributed by atoms with van der Waals surface area (Å²) in [5, 5.41) is 3.57. The Kier molecular flexibility index (Phi) is 5.81. The minimum atomic E-state index is -3.24. The zero-order valence-electron chi connectivity index (χ0n) is 10.1. The summed E-state index contributed by atoms with van der Waals surface area (Å²) in [5.41, 5.74) is 0.516. The Hall–Kier alpha value is -0.880. The van der Waals surface area contributed by atoms with E-state index in [-0.39, 0.29) is 10.8 Å². The maximum atomic E-state index is 11.6. The number of anilines is 1. The Labute approximate surface area is 116 Å². The van der Waals surface area contributed by atoms with E-state index >= 15 is 0 Å². The third kappa shape index (κ3) is 5.18. The fourth-order valence-electron chi connectivity index (χ4n) is 1.41. The molecule has 1 amide bonds. The molecule has 0 aromatic heterocycles. The van der Waals surface area contributed by atoms with Crippen molar-refractivity contribution in [2.24, 2.45) is 0 Å². The van der Waals surface area contributed by atoms with Gasteiger partial charge in [0, 0.05) is 23.7 Å². The number of sulfone groups is 1. The molecule has 1 N–H and O–H groups in total. The predicted molar refractivity (Wildman–Crippen MR) is 75.8 cm³/mol. The van der Waals surface area contributed by atoms with E-state index in [0.29, 0.717) is 12.1 Å². The van der Waals surface area contributed by atoms with Gasteiger partial charge in [-0.3, -0.25) is 4.79 Å². The summed E-state index contributed by atoms with van der Waals surface area (Å²) in [6.45, 7) is 0. The topological polar surface area (TPSA) is 63.2 Å². The van der Waals surface area contributed by atoms with Crippen LogP contribution in [0.25, 0.3) is 0 Å². The lowest BCUT2D eigenvalue weighted by atomic mass is 10.2. The maximum absolute atomic E-state index is 11.6. The molecule has 4 nitrogen and oxygen atoms in total. The number of carbonyl (C=O) groups excluding carboxylic acids is 1. The van der Waals surface area contributed by atoms with Gasteiger partial charge in [-0.2, -0.15) is 0 Å². The van der Waals surface area contributed by atoms with Gasteiger partial charge in [-0.15, -0.1) is 0 Å². The second kappa shape index (κ2) is 6.89. The van der Waals surface area contributed by atoms with Crippen molar-refractivity contribution in [1.29, 1.82) is 0 Å². The van der Waals surface area contributed by atoms with Gasteiger partial charge >= 0.3 is 0 Å². The van der Waals surface area contributed by atoms with Crippen molar-refractivity contribution in [3.63, 3.8) is 0 Å². The van der Waals surface area contributed by atoms with E-state index in [0.717, 1.165) is 24.4 Å². The van der Waals surface area contributed by atoms with Gasteiger partial charge in [0.2, 0.25) is 5.91 Å². The van der Waals surface area contributed by atoms with Crippen LogP contribution in [0.15, 0.2) is 29.2 Å². The number of benzene rings is 1. The first-order valence-corrected chi connectivity index (χ1v) is 8.60. The van der Waals surface area contributed by atoms with Crippen molar-refractivity contribution in [2.75, 3.05) is 16.9 Å². The Morgan fingerprint density at radius 3 is 2.67 bits per heavy atom. The molecule has 0 fully saturated rings. The third-order valence-electron chi connectivity index (χ3n) is 2.33. The molecule has 18 heavy (non-hydrogen) atoms. The average Bonchev–Trinajstić information content (AvgIpc) is 2.28. The zero-order valence-corrected chi connectivity index (χ0v) is 12.6. The summed E-state index contributed by atoms with van der Waals surface area (Å²) in [7, 11) is -3.24. The zero-order chi connectivity index (χ0) is 13.6. The highest BCUT2D eigenvalue weighted by atomic mass is 79.9. The van der Waals surface area contributed by atoms with Crippen LogP contribution in [0, 0.1) is 0 Å². The highest BCUT2D eigenvalue weighted by Gasteiger charge is 2.08. The van der Waals surface area contributed by atoms with Crippen LogP contribution in [0.2, 0.25) is 0 Å². The number of alkyl halides is 1. The number of halogens is 1. The third-order valence-corrected chi connectivity index (χ3v) is 4.00. The smallest absolute Gasteiger partial charge is 0.224 e. The lowest BCUT2D eigenvalue weighted by Crippen LogP contribution is -2.11. The van der Waals surface area contributed by atoms with Gasteiger partial charge in [-0.05, 0) is 31.0 Å². The normalized spacial score (nSPS) is 11.2. The van der Waals surface area contributed by atoms with Crippen LogP contribution in [-0.2, 0) is 14.6 Å². The van der Waals surface area contributed by atoms with E-state index < -0.39 is 9.84 Å². The standard InChI is InChI=1S/C12H16BrNO3S/c1-18(16,17)11-6-4-5-10(9-11)14-12(15)7-2-3-8-13/h4-6,9H,2-3,7-8H2,1H3,(H,14,15). The lowest BCUT2D eigenvalue weighted by molar-refractivity contribution is -0.116. The van der Waals surface area contributed by atoms with Crippen molar-refractivity contribution in [3.05, 3.63) is 24.3 Å².